The van der Waals surface area contributed by atoms with E-state index >= 15 is 0 Å². The number of rotatable bonds is 2. The molecule has 0 saturated carbocycles. The third-order valence-electron chi connectivity index (χ3n) is 3.39. The van der Waals surface area contributed by atoms with Gasteiger partial charge < -0.3 is 15.2 Å². The van der Waals surface area contributed by atoms with Crippen molar-refractivity contribution in [1.82, 2.24) is 0 Å². The summed E-state index contributed by atoms with van der Waals surface area (Å²) in [6.45, 7) is 10.7. The molecule has 0 amide bonds. The van der Waals surface area contributed by atoms with Crippen LogP contribution in [0.3, 0.4) is 0 Å². The molecule has 0 heterocycles. The minimum Gasteiger partial charge on any atom is -0.456 e. The summed E-state index contributed by atoms with van der Waals surface area (Å²) in [5.74, 6) is -1.14. The highest BCUT2D eigenvalue weighted by Gasteiger charge is 2.33. The van der Waals surface area contributed by atoms with Gasteiger partial charge in [0.05, 0.1) is 16.8 Å². The molecule has 2 aliphatic carbocycles. The van der Waals surface area contributed by atoms with Crippen LogP contribution >= 0.6 is 15.9 Å². The van der Waals surface area contributed by atoms with Crippen LogP contribution in [0.4, 0.5) is 5.69 Å². The van der Waals surface area contributed by atoms with E-state index in [1.54, 1.807) is 65.8 Å². The Kier molecular flexibility index (Phi) is 5.38. The molecule has 0 aliphatic heterocycles. The maximum Gasteiger partial charge on any atom is 0.341 e. The zero-order valence-electron chi connectivity index (χ0n) is 15.9. The fourth-order valence-electron chi connectivity index (χ4n) is 2.51. The van der Waals surface area contributed by atoms with Crippen molar-refractivity contribution in [2.24, 2.45) is 0 Å². The molecular formula is C20H24BrNO4. The summed E-state index contributed by atoms with van der Waals surface area (Å²) in [6, 6.07) is 7.05. The highest BCUT2D eigenvalue weighted by atomic mass is 79.9. The molecule has 5 nitrogen and oxygen atoms in total. The molecule has 0 saturated heterocycles. The minimum absolute atomic E-state index is 0.0748. The highest BCUT2D eigenvalue weighted by Crippen LogP contribution is 2.40. The summed E-state index contributed by atoms with van der Waals surface area (Å²) in [6.07, 6.45) is 0. The third-order valence-corrected chi connectivity index (χ3v) is 3.92. The Bertz CT molecular complexity index is 765. The lowest BCUT2D eigenvalue weighted by molar-refractivity contribution is 0.00655. The van der Waals surface area contributed by atoms with Crippen molar-refractivity contribution in [1.29, 1.82) is 0 Å². The van der Waals surface area contributed by atoms with Crippen LogP contribution in [-0.2, 0) is 9.47 Å². The van der Waals surface area contributed by atoms with Crippen molar-refractivity contribution in [2.45, 2.75) is 52.7 Å². The van der Waals surface area contributed by atoms with Crippen molar-refractivity contribution < 1.29 is 19.1 Å². The van der Waals surface area contributed by atoms with Gasteiger partial charge in [-0.05, 0) is 64.8 Å². The molecule has 0 aromatic rings. The summed E-state index contributed by atoms with van der Waals surface area (Å²) in [5.41, 5.74) is 6.38. The van der Waals surface area contributed by atoms with Gasteiger partial charge in [0.25, 0.3) is 0 Å². The van der Waals surface area contributed by atoms with E-state index < -0.39 is 23.1 Å². The number of esters is 2. The molecule has 6 heteroatoms. The van der Waals surface area contributed by atoms with Crippen molar-refractivity contribution in [3.63, 3.8) is 0 Å². The van der Waals surface area contributed by atoms with Crippen LogP contribution in [0.15, 0.2) is 28.7 Å². The van der Waals surface area contributed by atoms with E-state index in [9.17, 15) is 9.59 Å². The summed E-state index contributed by atoms with van der Waals surface area (Å²) in [7, 11) is 0. The predicted octanol–water partition coefficient (Wildman–Crippen LogP) is 5.05. The molecule has 26 heavy (non-hydrogen) atoms. The van der Waals surface area contributed by atoms with Gasteiger partial charge in [-0.25, -0.2) is 9.59 Å². The number of hydrogen-bond donors (Lipinski definition) is 1. The number of ether oxygens (including phenoxy) is 2. The number of nitrogens with two attached hydrogens (primary N) is 1. The van der Waals surface area contributed by atoms with Gasteiger partial charge in [-0.15, -0.1) is 0 Å². The number of carbonyl (C=O) groups is 2. The molecule has 0 spiro atoms. The average molecular weight is 422 g/mol. The number of halogens is 1. The van der Waals surface area contributed by atoms with Crippen LogP contribution in [0.2, 0.25) is 0 Å². The number of anilines is 1. The van der Waals surface area contributed by atoms with Gasteiger partial charge in [-0.1, -0.05) is 28.1 Å². The molecule has 0 fully saturated rings. The number of hydrogen-bond acceptors (Lipinski definition) is 5. The second kappa shape index (κ2) is 6.91. The fraction of sp³-hybridized carbons (Fsp3) is 0.400. The summed E-state index contributed by atoms with van der Waals surface area (Å²) in [5, 5.41) is 0. The lowest BCUT2D eigenvalue weighted by atomic mass is 10.1. The molecule has 2 N–H and O–H groups in total. The van der Waals surface area contributed by atoms with Gasteiger partial charge in [0.15, 0.2) is 0 Å². The van der Waals surface area contributed by atoms with Crippen molar-refractivity contribution in [3.8, 4) is 11.1 Å². The smallest absolute Gasteiger partial charge is 0.341 e. The average Bonchev–Trinajstić information content (AvgIpc) is 2.58. The van der Waals surface area contributed by atoms with Gasteiger partial charge >= 0.3 is 11.9 Å². The van der Waals surface area contributed by atoms with Crippen molar-refractivity contribution >= 4 is 33.6 Å². The summed E-state index contributed by atoms with van der Waals surface area (Å²) >= 11 is 3.40. The Morgan fingerprint density at radius 2 is 1.15 bits per heavy atom. The second-order valence-electron chi connectivity index (χ2n) is 8.05. The second-order valence-corrected chi connectivity index (χ2v) is 8.96. The Morgan fingerprint density at radius 1 is 0.808 bits per heavy atom. The lowest BCUT2D eigenvalue weighted by Gasteiger charge is -2.20. The van der Waals surface area contributed by atoms with Crippen LogP contribution in [0.1, 0.15) is 62.3 Å². The monoisotopic (exact) mass is 421 g/mol. The van der Waals surface area contributed by atoms with E-state index in [1.165, 1.54) is 0 Å². The van der Waals surface area contributed by atoms with Crippen LogP contribution in [0.25, 0.3) is 11.1 Å². The predicted molar refractivity (Wildman–Crippen MR) is 106 cm³/mol. The standard InChI is InChI=1S/C20H24BrNO4/c1-19(2,3)25-17(23)14-12-9-7-11(21)8-10-13(12)15(16(14)22)18(24)26-20(4,5)6/h7-10H,22H2,1-6H3. The van der Waals surface area contributed by atoms with Crippen molar-refractivity contribution in [3.05, 3.63) is 39.9 Å². The van der Waals surface area contributed by atoms with Gasteiger partial charge in [-0.3, -0.25) is 0 Å². The first-order chi connectivity index (χ1) is 11.8. The Balaban J connectivity index is 2.69. The van der Waals surface area contributed by atoms with E-state index in [-0.39, 0.29) is 16.8 Å². The first-order valence-electron chi connectivity index (χ1n) is 8.27. The number of fused-ring (bicyclic) bond motifs is 1. The SMILES string of the molecule is CC(C)(C)OC(=O)c1c2ccc(Br)ccc-2c(C(=O)OC(C)(C)C)c1N. The van der Waals surface area contributed by atoms with Gasteiger partial charge in [-0.2, -0.15) is 0 Å². The summed E-state index contributed by atoms with van der Waals surface area (Å²) < 4.78 is 11.8. The highest BCUT2D eigenvalue weighted by molar-refractivity contribution is 9.10. The molecule has 2 aliphatic rings. The molecular weight excluding hydrogens is 398 g/mol. The zero-order chi connectivity index (χ0) is 19.9. The molecule has 140 valence electrons. The van der Waals surface area contributed by atoms with E-state index in [0.717, 1.165) is 4.47 Å². The van der Waals surface area contributed by atoms with Gasteiger partial charge in [0.2, 0.25) is 0 Å². The largest absolute Gasteiger partial charge is 0.456 e. The van der Waals surface area contributed by atoms with Gasteiger partial charge in [0, 0.05) is 4.47 Å². The lowest BCUT2D eigenvalue weighted by Crippen LogP contribution is -2.25. The van der Waals surface area contributed by atoms with Gasteiger partial charge in [0.1, 0.15) is 11.2 Å². The quantitative estimate of drug-likeness (QED) is 0.686. The Labute approximate surface area is 162 Å². The molecule has 0 aromatic heterocycles. The molecule has 0 atom stereocenters. The van der Waals surface area contributed by atoms with Crippen LogP contribution in [-0.4, -0.2) is 23.1 Å². The van der Waals surface area contributed by atoms with Crippen LogP contribution in [0, 0.1) is 0 Å². The van der Waals surface area contributed by atoms with E-state index in [1.807, 2.05) is 0 Å². The first kappa shape index (κ1) is 20.2. The van der Waals surface area contributed by atoms with E-state index in [2.05, 4.69) is 15.9 Å². The summed E-state index contributed by atoms with van der Waals surface area (Å²) in [4.78, 5) is 25.5. The topological polar surface area (TPSA) is 78.6 Å². The normalized spacial score (nSPS) is 12.1. The maximum atomic E-state index is 12.7. The molecule has 0 unspecified atom stereocenters. The molecule has 0 bridgehead atoms. The third kappa shape index (κ3) is 4.55. The molecule has 0 aromatic carbocycles. The first-order valence-corrected chi connectivity index (χ1v) is 9.07. The van der Waals surface area contributed by atoms with Crippen LogP contribution < -0.4 is 5.73 Å². The van der Waals surface area contributed by atoms with Crippen LogP contribution in [0.5, 0.6) is 0 Å². The Hall–Kier alpha value is -2.08. The molecule has 2 rings (SSSR count). The van der Waals surface area contributed by atoms with E-state index in [4.69, 9.17) is 15.2 Å². The Morgan fingerprint density at radius 3 is 1.46 bits per heavy atom. The van der Waals surface area contributed by atoms with E-state index in [0.29, 0.717) is 11.1 Å². The maximum absolute atomic E-state index is 12.7. The minimum atomic E-state index is -0.684. The van der Waals surface area contributed by atoms with Crippen molar-refractivity contribution in [2.75, 3.05) is 5.73 Å². The zero-order valence-corrected chi connectivity index (χ0v) is 17.5. The molecule has 0 radical (unpaired) electrons. The fourth-order valence-corrected chi connectivity index (χ4v) is 2.77. The number of nitrogen functional groups attached to an aromatic ring is 1. The number of carbonyl (C=O) groups excluding carboxylic acids is 2.